The molecule has 4 rings (SSSR count). The molecule has 0 saturated carbocycles. The van der Waals surface area contributed by atoms with Gasteiger partial charge in [0, 0.05) is 62.5 Å². The van der Waals surface area contributed by atoms with E-state index in [1.165, 1.54) is 0 Å². The first-order chi connectivity index (χ1) is 12.5. The van der Waals surface area contributed by atoms with Crippen LogP contribution in [0.5, 0.6) is 0 Å². The summed E-state index contributed by atoms with van der Waals surface area (Å²) in [6.07, 6.45) is 2.77. The predicted molar refractivity (Wildman–Crippen MR) is 99.1 cm³/mol. The van der Waals surface area contributed by atoms with Crippen LogP contribution in [0.3, 0.4) is 0 Å². The van der Waals surface area contributed by atoms with Gasteiger partial charge in [0.1, 0.15) is 0 Å². The van der Waals surface area contributed by atoms with Gasteiger partial charge in [-0.2, -0.15) is 0 Å². The Morgan fingerprint density at radius 3 is 2.69 bits per heavy atom. The molecule has 0 aliphatic carbocycles. The molecule has 6 nitrogen and oxygen atoms in total. The van der Waals surface area contributed by atoms with Crippen LogP contribution in [0.2, 0.25) is 0 Å². The van der Waals surface area contributed by atoms with E-state index in [1.54, 1.807) is 0 Å². The average molecular weight is 359 g/mol. The number of pyridine rings is 1. The van der Waals surface area contributed by atoms with Crippen molar-refractivity contribution >= 4 is 5.91 Å². The maximum atomic E-state index is 12.9. The minimum absolute atomic E-state index is 0.118. The lowest BCUT2D eigenvalue weighted by molar-refractivity contribution is -0.141. The van der Waals surface area contributed by atoms with E-state index < -0.39 is 0 Å². The third kappa shape index (κ3) is 3.32. The van der Waals surface area contributed by atoms with Crippen LogP contribution in [0, 0.1) is 11.8 Å². The van der Waals surface area contributed by atoms with Crippen LogP contribution in [-0.2, 0) is 22.6 Å². The van der Waals surface area contributed by atoms with Gasteiger partial charge in [-0.1, -0.05) is 6.07 Å². The Morgan fingerprint density at radius 2 is 1.96 bits per heavy atom. The Hall–Kier alpha value is -1.66. The smallest absolute Gasteiger partial charge is 0.255 e. The molecule has 0 unspecified atom stereocenters. The lowest BCUT2D eigenvalue weighted by Crippen LogP contribution is -2.51. The van der Waals surface area contributed by atoms with Crippen molar-refractivity contribution in [3.05, 3.63) is 33.7 Å². The zero-order valence-corrected chi connectivity index (χ0v) is 15.8. The minimum Gasteiger partial charge on any atom is -0.381 e. The molecule has 1 aromatic rings. The molecule has 1 amide bonds. The van der Waals surface area contributed by atoms with Crippen molar-refractivity contribution in [3.63, 3.8) is 0 Å². The highest BCUT2D eigenvalue weighted by Gasteiger charge is 2.38. The zero-order chi connectivity index (χ0) is 18.3. The lowest BCUT2D eigenvalue weighted by Gasteiger charge is -2.44. The van der Waals surface area contributed by atoms with Crippen molar-refractivity contribution in [2.75, 3.05) is 40.4 Å². The third-order valence-electron chi connectivity index (χ3n) is 6.05. The first-order valence-corrected chi connectivity index (χ1v) is 9.77. The maximum absolute atomic E-state index is 12.9. The Morgan fingerprint density at radius 1 is 1.19 bits per heavy atom. The summed E-state index contributed by atoms with van der Waals surface area (Å²) in [5.74, 6) is 1.08. The van der Waals surface area contributed by atoms with Crippen molar-refractivity contribution in [1.82, 2.24) is 14.4 Å². The van der Waals surface area contributed by atoms with Gasteiger partial charge in [-0.05, 0) is 45.3 Å². The Balaban J connectivity index is 1.55. The van der Waals surface area contributed by atoms with Crippen molar-refractivity contribution < 1.29 is 9.53 Å². The largest absolute Gasteiger partial charge is 0.381 e. The van der Waals surface area contributed by atoms with Gasteiger partial charge >= 0.3 is 0 Å². The standard InChI is InChI=1S/C20H29N3O3/c1-21(2)12-16-3-4-18-17-9-14(11-23(18)20(16)25)10-22(13-17)19(24)15-5-7-26-8-6-15/h3-4,14-15,17H,5-13H2,1-2H3/t14-,17+/m0/s1. The number of hydrogen-bond acceptors (Lipinski definition) is 4. The fourth-order valence-electron chi connectivity index (χ4n) is 4.83. The Kier molecular flexibility index (Phi) is 4.88. The number of hydrogen-bond donors (Lipinski definition) is 0. The van der Waals surface area contributed by atoms with Crippen molar-refractivity contribution in [3.8, 4) is 0 Å². The quantitative estimate of drug-likeness (QED) is 0.816. The van der Waals surface area contributed by atoms with E-state index in [0.717, 1.165) is 50.2 Å². The molecule has 1 aromatic heterocycles. The minimum atomic E-state index is 0.118. The molecule has 2 bridgehead atoms. The molecule has 4 heterocycles. The number of ether oxygens (including phenoxy) is 1. The number of nitrogens with zero attached hydrogens (tertiary/aromatic N) is 3. The lowest BCUT2D eigenvalue weighted by atomic mass is 9.82. The van der Waals surface area contributed by atoms with Gasteiger partial charge in [0.25, 0.3) is 5.56 Å². The van der Waals surface area contributed by atoms with E-state index in [2.05, 4.69) is 11.0 Å². The van der Waals surface area contributed by atoms with Crippen LogP contribution in [-0.4, -0.2) is 60.7 Å². The summed E-state index contributed by atoms with van der Waals surface area (Å²) in [6.45, 7) is 4.34. The third-order valence-corrected chi connectivity index (χ3v) is 6.05. The second kappa shape index (κ2) is 7.16. The van der Waals surface area contributed by atoms with E-state index >= 15 is 0 Å². The summed E-state index contributed by atoms with van der Waals surface area (Å²) in [4.78, 5) is 29.9. The number of carbonyl (C=O) groups excluding carboxylic acids is 1. The molecule has 0 N–H and O–H groups in total. The number of amides is 1. The predicted octanol–water partition coefficient (Wildman–Crippen LogP) is 1.28. The van der Waals surface area contributed by atoms with Crippen LogP contribution >= 0.6 is 0 Å². The number of carbonyl (C=O) groups is 1. The molecule has 3 aliphatic rings. The molecule has 2 atom stereocenters. The first kappa shape index (κ1) is 17.7. The fraction of sp³-hybridized carbons (Fsp3) is 0.700. The molecule has 0 aromatic carbocycles. The summed E-state index contributed by atoms with van der Waals surface area (Å²) < 4.78 is 7.38. The average Bonchev–Trinajstić information content (AvgIpc) is 2.64. The van der Waals surface area contributed by atoms with Crippen LogP contribution in [0.1, 0.15) is 36.4 Å². The number of likely N-dealkylation sites (tertiary alicyclic amines) is 1. The normalized spacial score (nSPS) is 26.0. The zero-order valence-electron chi connectivity index (χ0n) is 15.8. The summed E-state index contributed by atoms with van der Waals surface area (Å²) in [6, 6.07) is 4.09. The van der Waals surface area contributed by atoms with Crippen LogP contribution in [0.4, 0.5) is 0 Å². The first-order valence-electron chi connectivity index (χ1n) is 9.77. The molecule has 2 fully saturated rings. The van der Waals surface area contributed by atoms with E-state index in [0.29, 0.717) is 31.6 Å². The monoisotopic (exact) mass is 359 g/mol. The van der Waals surface area contributed by atoms with E-state index in [9.17, 15) is 9.59 Å². The topological polar surface area (TPSA) is 54.8 Å². The van der Waals surface area contributed by atoms with Gasteiger partial charge in [0.05, 0.1) is 0 Å². The van der Waals surface area contributed by atoms with Crippen molar-refractivity contribution in [1.29, 1.82) is 0 Å². The Bertz CT molecular complexity index is 736. The second-order valence-electron chi connectivity index (χ2n) is 8.37. The number of fused-ring (bicyclic) bond motifs is 4. The number of piperidine rings is 1. The van der Waals surface area contributed by atoms with E-state index in [-0.39, 0.29) is 17.4 Å². The van der Waals surface area contributed by atoms with Crippen molar-refractivity contribution in [2.45, 2.75) is 38.3 Å². The van der Waals surface area contributed by atoms with Gasteiger partial charge in [-0.25, -0.2) is 0 Å². The highest BCUT2D eigenvalue weighted by atomic mass is 16.5. The summed E-state index contributed by atoms with van der Waals surface area (Å²) in [5.41, 5.74) is 2.11. The van der Waals surface area contributed by atoms with Gasteiger partial charge in [-0.3, -0.25) is 9.59 Å². The molecule has 0 radical (unpaired) electrons. The van der Waals surface area contributed by atoms with Gasteiger partial charge < -0.3 is 19.1 Å². The van der Waals surface area contributed by atoms with Crippen LogP contribution < -0.4 is 5.56 Å². The van der Waals surface area contributed by atoms with Crippen LogP contribution in [0.25, 0.3) is 0 Å². The van der Waals surface area contributed by atoms with Gasteiger partial charge in [-0.15, -0.1) is 0 Å². The highest BCUT2D eigenvalue weighted by Crippen LogP contribution is 2.36. The number of aromatic nitrogens is 1. The van der Waals surface area contributed by atoms with Crippen LogP contribution in [0.15, 0.2) is 16.9 Å². The summed E-state index contributed by atoms with van der Waals surface area (Å²) in [5, 5.41) is 0. The van der Waals surface area contributed by atoms with Gasteiger partial charge in [0.2, 0.25) is 5.91 Å². The molecular formula is C20H29N3O3. The van der Waals surface area contributed by atoms with Crippen molar-refractivity contribution in [2.24, 2.45) is 11.8 Å². The molecular weight excluding hydrogens is 330 g/mol. The molecule has 3 aliphatic heterocycles. The second-order valence-corrected chi connectivity index (χ2v) is 8.37. The molecule has 0 spiro atoms. The Labute approximate surface area is 154 Å². The SMILES string of the molecule is CN(C)Cc1ccc2n(c1=O)C[C@H]1C[C@@H]2CN(C(=O)C2CCOCC2)C1. The highest BCUT2D eigenvalue weighted by molar-refractivity contribution is 5.79. The summed E-state index contributed by atoms with van der Waals surface area (Å²) in [7, 11) is 3.97. The van der Waals surface area contributed by atoms with E-state index in [1.807, 2.05) is 29.6 Å². The fourth-order valence-corrected chi connectivity index (χ4v) is 4.83. The maximum Gasteiger partial charge on any atom is 0.255 e. The molecule has 2 saturated heterocycles. The van der Waals surface area contributed by atoms with Gasteiger partial charge in [0.15, 0.2) is 0 Å². The molecule has 26 heavy (non-hydrogen) atoms. The van der Waals surface area contributed by atoms with E-state index in [4.69, 9.17) is 4.74 Å². The summed E-state index contributed by atoms with van der Waals surface area (Å²) >= 11 is 0. The molecule has 6 heteroatoms. The molecule has 142 valence electrons. The number of rotatable bonds is 3.